The molecule has 0 heterocycles. The Labute approximate surface area is 62.0 Å². The first-order chi connectivity index (χ1) is 2.77. The van der Waals surface area contributed by atoms with Gasteiger partial charge in [0.1, 0.15) is 0 Å². The second-order valence-corrected chi connectivity index (χ2v) is 1.14. The summed E-state index contributed by atoms with van der Waals surface area (Å²) in [6.07, 6.45) is 1.02. The summed E-state index contributed by atoms with van der Waals surface area (Å²) in [6, 6.07) is 0. The van der Waals surface area contributed by atoms with Crippen molar-refractivity contribution in [2.24, 2.45) is 0 Å². The van der Waals surface area contributed by atoms with E-state index < -0.39 is 5.97 Å². The third-order valence-corrected chi connectivity index (χ3v) is 0.464. The largest absolute Gasteiger partial charge is 0.481 e. The molecule has 0 aromatic carbocycles. The maximum Gasteiger partial charge on any atom is 0.303 e. The number of carboxylic acids is 1. The molecule has 0 aromatic rings. The van der Waals surface area contributed by atoms with E-state index in [1.165, 1.54) is 0 Å². The number of rotatable bonds is 2. The molecule has 0 rings (SSSR count). The Bertz CT molecular complexity index is 53.7. The van der Waals surface area contributed by atoms with Gasteiger partial charge in [-0.3, -0.25) is 4.79 Å². The number of carbonyl (C=O) groups is 1. The molecule has 1 N–H and O–H groups in total. The zero-order valence-corrected chi connectivity index (χ0v) is 7.69. The predicted molar refractivity (Wildman–Crippen MR) is 28.3 cm³/mol. The van der Waals surface area contributed by atoms with E-state index in [9.17, 15) is 4.79 Å². The summed E-state index contributed by atoms with van der Waals surface area (Å²) >= 11 is 0. The van der Waals surface area contributed by atoms with Crippen molar-refractivity contribution in [3.63, 3.8) is 0 Å². The van der Waals surface area contributed by atoms with E-state index >= 15 is 0 Å². The van der Waals surface area contributed by atoms with Crippen LogP contribution in [0.1, 0.15) is 19.8 Å². The van der Waals surface area contributed by atoms with E-state index in [0.717, 1.165) is 6.42 Å². The molecule has 0 saturated carbocycles. The van der Waals surface area contributed by atoms with Crippen LogP contribution >= 0.6 is 0 Å². The van der Waals surface area contributed by atoms with Crippen molar-refractivity contribution >= 4 is 32.2 Å². The van der Waals surface area contributed by atoms with Gasteiger partial charge in [0, 0.05) is 32.6 Å². The van der Waals surface area contributed by atoms with Gasteiger partial charge in [0.25, 0.3) is 0 Å². The zero-order valence-electron chi connectivity index (χ0n) is 4.22. The van der Waals surface area contributed by atoms with Crippen LogP contribution in [-0.2, 0) is 4.79 Å². The molecular weight excluding hydrogens is 289 g/mol. The third-order valence-electron chi connectivity index (χ3n) is 0.464. The molecule has 0 saturated heterocycles. The molecule has 0 amide bonds. The maximum atomic E-state index is 9.60. The summed E-state index contributed by atoms with van der Waals surface area (Å²) in [6.45, 7) is 1.84. The zero-order chi connectivity index (χ0) is 4.99. The molecule has 7 heavy (non-hydrogen) atoms. The van der Waals surface area contributed by atoms with Crippen molar-refractivity contribution in [1.82, 2.24) is 0 Å². The normalized spacial score (nSPS) is 7.00. The molecule has 0 spiro atoms. The van der Waals surface area contributed by atoms with Crippen LogP contribution < -0.4 is 0 Å². The second kappa shape index (κ2) is 6.35. The van der Waals surface area contributed by atoms with E-state index in [-0.39, 0.29) is 26.2 Å². The van der Waals surface area contributed by atoms with Gasteiger partial charge in [0.15, 0.2) is 0 Å². The Kier molecular flexibility index (Phi) is 9.40. The van der Waals surface area contributed by atoms with E-state index in [2.05, 4.69) is 0 Å². The minimum absolute atomic E-state index is 0. The van der Waals surface area contributed by atoms with Gasteiger partial charge >= 0.3 is 5.97 Å². The molecular formula is C4H8BiO2. The SMILES string of the molecule is CCCC(=O)O.[Bi]. The van der Waals surface area contributed by atoms with E-state index in [1.54, 1.807) is 0 Å². The molecule has 0 aliphatic rings. The third kappa shape index (κ3) is 10.7. The smallest absolute Gasteiger partial charge is 0.303 e. The van der Waals surface area contributed by atoms with Gasteiger partial charge in [0.2, 0.25) is 0 Å². The van der Waals surface area contributed by atoms with Gasteiger partial charge < -0.3 is 5.11 Å². The molecule has 0 unspecified atom stereocenters. The number of hydrogen-bond acceptors (Lipinski definition) is 1. The molecule has 0 fully saturated rings. The number of aliphatic carboxylic acids is 1. The van der Waals surface area contributed by atoms with Crippen molar-refractivity contribution < 1.29 is 9.90 Å². The monoisotopic (exact) mass is 297 g/mol. The van der Waals surface area contributed by atoms with E-state index in [1.807, 2.05) is 6.92 Å². The molecule has 3 radical (unpaired) electrons. The molecule has 0 atom stereocenters. The molecule has 3 heteroatoms. The van der Waals surface area contributed by atoms with Crippen LogP contribution in [0.5, 0.6) is 0 Å². The van der Waals surface area contributed by atoms with Crippen LogP contribution in [0.4, 0.5) is 0 Å². The minimum Gasteiger partial charge on any atom is -0.481 e. The first-order valence-electron chi connectivity index (χ1n) is 1.99. The molecule has 0 aliphatic heterocycles. The fourth-order valence-electron chi connectivity index (χ4n) is 0.214. The van der Waals surface area contributed by atoms with Crippen LogP contribution in [0.3, 0.4) is 0 Å². The maximum absolute atomic E-state index is 9.60. The van der Waals surface area contributed by atoms with Gasteiger partial charge in [-0.2, -0.15) is 0 Å². The molecule has 0 bridgehead atoms. The Hall–Kier alpha value is 0.353. The second-order valence-electron chi connectivity index (χ2n) is 1.14. The van der Waals surface area contributed by atoms with Crippen LogP contribution in [0.25, 0.3) is 0 Å². The van der Waals surface area contributed by atoms with Crippen molar-refractivity contribution in [1.29, 1.82) is 0 Å². The molecule has 41 valence electrons. The fraction of sp³-hybridized carbons (Fsp3) is 0.750. The Morgan fingerprint density at radius 3 is 2.14 bits per heavy atom. The molecule has 0 aromatic heterocycles. The van der Waals surface area contributed by atoms with Gasteiger partial charge in [-0.1, -0.05) is 6.92 Å². The summed E-state index contributed by atoms with van der Waals surface area (Å²) in [5.41, 5.74) is 0. The standard InChI is InChI=1S/C4H8O2.Bi/c1-2-3-4(5)6;/h2-3H2,1H3,(H,5,6);. The van der Waals surface area contributed by atoms with E-state index in [0.29, 0.717) is 6.42 Å². The Morgan fingerprint density at radius 1 is 1.71 bits per heavy atom. The summed E-state index contributed by atoms with van der Waals surface area (Å²) in [5.74, 6) is -0.711. The predicted octanol–water partition coefficient (Wildman–Crippen LogP) is 0.490. The first kappa shape index (κ1) is 10.4. The average molecular weight is 297 g/mol. The first-order valence-corrected chi connectivity index (χ1v) is 1.99. The summed E-state index contributed by atoms with van der Waals surface area (Å²) in [7, 11) is 0. The van der Waals surface area contributed by atoms with Gasteiger partial charge in [-0.15, -0.1) is 0 Å². The van der Waals surface area contributed by atoms with Crippen LogP contribution in [0.2, 0.25) is 0 Å². The quantitative estimate of drug-likeness (QED) is 0.753. The minimum atomic E-state index is -0.711. The molecule has 2 nitrogen and oxygen atoms in total. The Morgan fingerprint density at radius 2 is 2.14 bits per heavy atom. The number of carboxylic acid groups (broad SMARTS) is 1. The van der Waals surface area contributed by atoms with Crippen LogP contribution in [0, 0.1) is 0 Å². The number of hydrogen-bond donors (Lipinski definition) is 1. The van der Waals surface area contributed by atoms with Crippen molar-refractivity contribution in [3.8, 4) is 0 Å². The van der Waals surface area contributed by atoms with Gasteiger partial charge in [-0.25, -0.2) is 0 Å². The summed E-state index contributed by atoms with van der Waals surface area (Å²) in [4.78, 5) is 9.60. The molecule has 0 aliphatic carbocycles. The topological polar surface area (TPSA) is 37.3 Å². The van der Waals surface area contributed by atoms with Gasteiger partial charge in [-0.05, 0) is 6.42 Å². The van der Waals surface area contributed by atoms with Crippen molar-refractivity contribution in [2.75, 3.05) is 0 Å². The van der Waals surface area contributed by atoms with E-state index in [4.69, 9.17) is 5.11 Å². The van der Waals surface area contributed by atoms with Crippen molar-refractivity contribution in [2.45, 2.75) is 19.8 Å². The van der Waals surface area contributed by atoms with Gasteiger partial charge in [0.05, 0.1) is 0 Å². The van der Waals surface area contributed by atoms with Crippen LogP contribution in [0.15, 0.2) is 0 Å². The summed E-state index contributed by atoms with van der Waals surface area (Å²) < 4.78 is 0. The van der Waals surface area contributed by atoms with Crippen LogP contribution in [-0.4, -0.2) is 37.3 Å². The average Bonchev–Trinajstić information content (AvgIpc) is 1.35. The summed E-state index contributed by atoms with van der Waals surface area (Å²) in [5, 5.41) is 7.91. The Balaban J connectivity index is 0. The van der Waals surface area contributed by atoms with Crippen molar-refractivity contribution in [3.05, 3.63) is 0 Å². The fourth-order valence-corrected chi connectivity index (χ4v) is 0.214.